The van der Waals surface area contributed by atoms with Gasteiger partial charge in [-0.1, -0.05) is 18.2 Å². The molecule has 0 fully saturated rings. The Kier molecular flexibility index (Phi) is 5.07. The van der Waals surface area contributed by atoms with Gasteiger partial charge in [-0.2, -0.15) is 22.8 Å². The molecule has 3 heterocycles. The molecule has 34 heavy (non-hydrogen) atoms. The highest BCUT2D eigenvalue weighted by atomic mass is 19.4. The van der Waals surface area contributed by atoms with Gasteiger partial charge in [-0.05, 0) is 48.7 Å². The summed E-state index contributed by atoms with van der Waals surface area (Å²) in [6, 6.07) is 13.1. The molecule has 2 aromatic carbocycles. The molecule has 0 radical (unpaired) electrons. The summed E-state index contributed by atoms with van der Waals surface area (Å²) in [5, 5.41) is 7.10. The van der Waals surface area contributed by atoms with Crippen LogP contribution in [0, 0.1) is 5.82 Å². The fraction of sp³-hybridized carbons (Fsp3) is 0.125. The van der Waals surface area contributed by atoms with E-state index in [4.69, 9.17) is 0 Å². The Bertz CT molecular complexity index is 1590. The molecule has 0 amide bonds. The number of alkyl halides is 3. The molecule has 1 atom stereocenters. The maximum atomic E-state index is 14.1. The minimum atomic E-state index is -4.73. The topological polar surface area (TPSA) is 64.2 Å². The van der Waals surface area contributed by atoms with Gasteiger partial charge in [0.15, 0.2) is 5.65 Å². The number of anilines is 1. The fourth-order valence-electron chi connectivity index (χ4n) is 4.06. The Morgan fingerprint density at radius 2 is 1.79 bits per heavy atom. The highest BCUT2D eigenvalue weighted by Gasteiger charge is 2.34. The molecule has 0 aliphatic rings. The van der Waals surface area contributed by atoms with Crippen LogP contribution in [-0.4, -0.2) is 19.2 Å². The van der Waals surface area contributed by atoms with Crippen molar-refractivity contribution in [1.82, 2.24) is 19.2 Å². The van der Waals surface area contributed by atoms with E-state index in [1.54, 1.807) is 36.0 Å². The average Bonchev–Trinajstić information content (AvgIpc) is 3.28. The molecule has 10 heteroatoms. The Hall–Kier alpha value is -4.21. The normalized spacial score (nSPS) is 12.9. The van der Waals surface area contributed by atoms with Crippen molar-refractivity contribution < 1.29 is 17.6 Å². The predicted octanol–water partition coefficient (Wildman–Crippen LogP) is 5.36. The van der Waals surface area contributed by atoms with Gasteiger partial charge in [0.05, 0.1) is 28.9 Å². The van der Waals surface area contributed by atoms with Crippen molar-refractivity contribution in [3.05, 3.63) is 100 Å². The first kappa shape index (κ1) is 21.6. The number of hydrogen-bond donors (Lipinski definition) is 1. The van der Waals surface area contributed by atoms with Crippen molar-refractivity contribution in [1.29, 1.82) is 0 Å². The third-order valence-corrected chi connectivity index (χ3v) is 5.55. The monoisotopic (exact) mass is 467 g/mol. The lowest BCUT2D eigenvalue weighted by atomic mass is 10.0. The zero-order valence-electron chi connectivity index (χ0n) is 17.7. The number of hydrogen-bond acceptors (Lipinski definition) is 4. The summed E-state index contributed by atoms with van der Waals surface area (Å²) < 4.78 is 57.9. The van der Waals surface area contributed by atoms with Crippen LogP contribution in [0.3, 0.4) is 0 Å². The number of aromatic nitrogens is 4. The van der Waals surface area contributed by atoms with Gasteiger partial charge in [0, 0.05) is 18.0 Å². The van der Waals surface area contributed by atoms with Crippen molar-refractivity contribution in [2.24, 2.45) is 0 Å². The zero-order chi connectivity index (χ0) is 24.0. The third-order valence-electron chi connectivity index (χ3n) is 5.55. The molecule has 0 spiro atoms. The maximum Gasteiger partial charge on any atom is 0.417 e. The van der Waals surface area contributed by atoms with Gasteiger partial charge in [0.1, 0.15) is 11.6 Å². The van der Waals surface area contributed by atoms with E-state index < -0.39 is 34.5 Å². The van der Waals surface area contributed by atoms with Crippen LogP contribution in [0.2, 0.25) is 0 Å². The van der Waals surface area contributed by atoms with Crippen LogP contribution < -0.4 is 10.9 Å². The number of fused-ring (bicyclic) bond motifs is 2. The highest BCUT2D eigenvalue weighted by Crippen LogP contribution is 2.34. The minimum Gasteiger partial charge on any atom is -0.362 e. The summed E-state index contributed by atoms with van der Waals surface area (Å²) in [6.07, 6.45) is -1.57. The third kappa shape index (κ3) is 3.66. The van der Waals surface area contributed by atoms with Gasteiger partial charge in [0.2, 0.25) is 0 Å². The fourth-order valence-corrected chi connectivity index (χ4v) is 4.06. The highest BCUT2D eigenvalue weighted by molar-refractivity contribution is 5.86. The van der Waals surface area contributed by atoms with Crippen LogP contribution in [-0.2, 0) is 6.18 Å². The van der Waals surface area contributed by atoms with Gasteiger partial charge in [0.25, 0.3) is 5.56 Å². The van der Waals surface area contributed by atoms with Crippen LogP contribution in [0.1, 0.15) is 24.2 Å². The second-order valence-corrected chi connectivity index (χ2v) is 7.75. The number of rotatable bonds is 4. The number of benzene rings is 2. The first-order chi connectivity index (χ1) is 16.2. The molecule has 5 aromatic rings. The second-order valence-electron chi connectivity index (χ2n) is 7.75. The van der Waals surface area contributed by atoms with Crippen LogP contribution in [0.4, 0.5) is 23.4 Å². The van der Waals surface area contributed by atoms with Crippen molar-refractivity contribution in [2.45, 2.75) is 19.1 Å². The lowest BCUT2D eigenvalue weighted by Crippen LogP contribution is -2.27. The first-order valence-electron chi connectivity index (χ1n) is 10.3. The van der Waals surface area contributed by atoms with E-state index in [0.29, 0.717) is 17.2 Å². The summed E-state index contributed by atoms with van der Waals surface area (Å²) >= 11 is 0. The minimum absolute atomic E-state index is 0.117. The first-order valence-corrected chi connectivity index (χ1v) is 10.3. The molecular weight excluding hydrogens is 450 g/mol. The molecule has 0 saturated heterocycles. The van der Waals surface area contributed by atoms with Gasteiger partial charge in [-0.3, -0.25) is 9.36 Å². The Labute approximate surface area is 190 Å². The van der Waals surface area contributed by atoms with Crippen molar-refractivity contribution >= 4 is 22.2 Å². The van der Waals surface area contributed by atoms with Gasteiger partial charge in [-0.15, -0.1) is 0 Å². The smallest absolute Gasteiger partial charge is 0.362 e. The van der Waals surface area contributed by atoms with E-state index >= 15 is 0 Å². The van der Waals surface area contributed by atoms with E-state index in [0.717, 1.165) is 16.7 Å². The zero-order valence-corrected chi connectivity index (χ0v) is 17.7. The van der Waals surface area contributed by atoms with E-state index in [-0.39, 0.29) is 11.1 Å². The van der Waals surface area contributed by atoms with Gasteiger partial charge in [-0.25, -0.2) is 9.37 Å². The van der Waals surface area contributed by atoms with Crippen LogP contribution in [0.25, 0.3) is 22.1 Å². The summed E-state index contributed by atoms with van der Waals surface area (Å²) in [5.74, 6) is -0.0579. The lowest BCUT2D eigenvalue weighted by Gasteiger charge is -2.22. The van der Waals surface area contributed by atoms with Crippen molar-refractivity contribution in [3.8, 4) is 5.69 Å². The van der Waals surface area contributed by atoms with E-state index in [1.807, 2.05) is 0 Å². The van der Waals surface area contributed by atoms with E-state index in [1.165, 1.54) is 36.4 Å². The lowest BCUT2D eigenvalue weighted by molar-refractivity contribution is -0.136. The summed E-state index contributed by atoms with van der Waals surface area (Å²) in [7, 11) is 0. The number of pyridine rings is 1. The Balaban J connectivity index is 1.76. The standard InChI is InChI=1S/C24H17F4N5O/c1-14(31-21-8-10-29-20-9-11-30-33(20)21)19-12-15-4-2-7-18(24(26,27)28)22(15)23(34)32(19)17-6-3-5-16(25)13-17/h2-14,31H,1H3. The Morgan fingerprint density at radius 3 is 2.56 bits per heavy atom. The van der Waals surface area contributed by atoms with E-state index in [9.17, 15) is 22.4 Å². The van der Waals surface area contributed by atoms with E-state index in [2.05, 4.69) is 15.4 Å². The maximum absolute atomic E-state index is 14.1. The largest absolute Gasteiger partial charge is 0.417 e. The van der Waals surface area contributed by atoms with Gasteiger partial charge < -0.3 is 5.32 Å². The molecule has 5 rings (SSSR count). The van der Waals surface area contributed by atoms with Crippen molar-refractivity contribution in [2.75, 3.05) is 5.32 Å². The van der Waals surface area contributed by atoms with Gasteiger partial charge >= 0.3 is 6.18 Å². The van der Waals surface area contributed by atoms with Crippen molar-refractivity contribution in [3.63, 3.8) is 0 Å². The molecule has 6 nitrogen and oxygen atoms in total. The molecule has 1 unspecified atom stereocenters. The molecule has 0 saturated carbocycles. The van der Waals surface area contributed by atoms with Crippen LogP contribution in [0.5, 0.6) is 0 Å². The Morgan fingerprint density at radius 1 is 1.00 bits per heavy atom. The number of nitrogens with one attached hydrogen (secondary N) is 1. The molecule has 3 aromatic heterocycles. The predicted molar refractivity (Wildman–Crippen MR) is 120 cm³/mol. The number of nitrogens with zero attached hydrogens (tertiary/aromatic N) is 4. The average molecular weight is 467 g/mol. The molecular formula is C24H17F4N5O. The second kappa shape index (κ2) is 7.98. The molecule has 0 aliphatic heterocycles. The summed E-state index contributed by atoms with van der Waals surface area (Å²) in [6.45, 7) is 1.75. The SMILES string of the molecule is CC(Nc1ccnc2ccnn12)c1cc2cccc(C(F)(F)F)c2c(=O)n1-c1cccc(F)c1. The van der Waals surface area contributed by atoms with Crippen LogP contribution >= 0.6 is 0 Å². The molecule has 172 valence electrons. The summed E-state index contributed by atoms with van der Waals surface area (Å²) in [4.78, 5) is 17.7. The molecule has 1 N–H and O–H groups in total. The molecule has 0 bridgehead atoms. The number of halogens is 4. The quantitative estimate of drug-likeness (QED) is 0.361. The summed E-state index contributed by atoms with van der Waals surface area (Å²) in [5.41, 5.74) is -0.877. The van der Waals surface area contributed by atoms with Crippen LogP contribution in [0.15, 0.2) is 77.9 Å². The molecule has 0 aliphatic carbocycles.